The van der Waals surface area contributed by atoms with Crippen molar-refractivity contribution in [2.45, 2.75) is 89.4 Å². The van der Waals surface area contributed by atoms with Crippen molar-refractivity contribution in [3.05, 3.63) is 95.6 Å². The van der Waals surface area contributed by atoms with Gasteiger partial charge in [-0.05, 0) is 85.9 Å². The number of carbonyl (C=O) groups is 9. The Bertz CT molecular complexity index is 2660. The van der Waals surface area contributed by atoms with Crippen LogP contribution in [-0.2, 0) is 56.1 Å². The topological polar surface area (TPSA) is 389 Å². The summed E-state index contributed by atoms with van der Waals surface area (Å²) in [6, 6.07) is 22.0. The lowest BCUT2D eigenvalue weighted by Crippen LogP contribution is -2.54. The summed E-state index contributed by atoms with van der Waals surface area (Å²) in [5.41, 5.74) is 8.50. The number of phenols is 1. The zero-order chi connectivity index (χ0) is 64.6. The Labute approximate surface area is 519 Å². The van der Waals surface area contributed by atoms with E-state index < -0.39 is 48.0 Å². The average Bonchev–Trinajstić information content (AvgIpc) is 2.07. The predicted octanol–water partition coefficient (Wildman–Crippen LogP) is 0.492. The number of aryl methyl sites for hydroxylation is 1. The maximum atomic E-state index is 14.5. The minimum Gasteiger partial charge on any atom is -0.508 e. The SMILES string of the molecule is CCC(=O)NCCNC(=O)NC(N)=NCCC[C@@H](NC(=O)C(CCCc1ccccc1)c1cccc(OCCCCNC(=O)CCOCCNC(C=O)N2CCN(CC(=O)O)CCN(CC(=O)O)CCN(CC(=O)O)CC2)c1)C(=O)NCc1ccc(O)cc1. The van der Waals surface area contributed by atoms with Crippen molar-refractivity contribution < 1.29 is 73.1 Å². The Balaban J connectivity index is 1.27. The van der Waals surface area contributed by atoms with E-state index in [1.807, 2.05) is 48.5 Å². The van der Waals surface area contributed by atoms with E-state index in [9.17, 15) is 63.6 Å². The summed E-state index contributed by atoms with van der Waals surface area (Å²) >= 11 is 0. The number of nitrogens with zero attached hydrogens (tertiary/aromatic N) is 5. The smallest absolute Gasteiger partial charge is 0.321 e. The first kappa shape index (κ1) is 73.2. The van der Waals surface area contributed by atoms with Crippen molar-refractivity contribution in [3.8, 4) is 11.5 Å². The number of unbranched alkanes of at least 4 members (excludes halogenated alkanes) is 1. The van der Waals surface area contributed by atoms with Gasteiger partial charge in [0.15, 0.2) is 12.2 Å². The first-order valence-corrected chi connectivity index (χ1v) is 30.2. The van der Waals surface area contributed by atoms with Gasteiger partial charge in [-0.1, -0.05) is 61.5 Å². The summed E-state index contributed by atoms with van der Waals surface area (Å²) in [7, 11) is 0. The standard InChI is InChI=1S/C61H91N13O15/c1-2-53(77)65-25-26-67-61(87)70-60(62)66-24-10-17-51(59(86)68-40-46-18-20-48(76)21-19-46)69-58(85)50(16-8-13-45-11-4-3-5-12-45)47-14-9-15-49(39-47)89-36-7-6-23-64-54(78)22-37-88-38-27-63-52(44-75)74-34-32-72(42-56(81)82)30-28-71(41-55(79)80)29-31-73(33-35-74)43-57(83)84/h3-5,9,11-12,14-15,18-21,39,44,50-52,63,76H,2,6-8,10,13,16-17,22-38,40-43H2,1H3,(H,64,78)(H,65,77)(H,68,86)(H,69,85)(H,79,80)(H,81,82)(H,83,84)(H4,62,66,67,70,87)/t50?,51-,52?/m1/s1. The Hall–Kier alpha value is -8.28. The van der Waals surface area contributed by atoms with Crippen LogP contribution in [0.3, 0.4) is 0 Å². The molecule has 1 aliphatic rings. The molecule has 490 valence electrons. The lowest BCUT2D eigenvalue weighted by molar-refractivity contribution is -0.140. The highest BCUT2D eigenvalue weighted by Crippen LogP contribution is 2.27. The number of phenolic OH excluding ortho intramolecular Hbond substituents is 1. The van der Waals surface area contributed by atoms with Crippen LogP contribution in [0.2, 0.25) is 0 Å². The number of carboxylic acid groups (broad SMARTS) is 3. The fourth-order valence-corrected chi connectivity index (χ4v) is 9.51. The van der Waals surface area contributed by atoms with Gasteiger partial charge in [-0.25, -0.2) is 4.79 Å². The second-order valence-corrected chi connectivity index (χ2v) is 21.3. The molecular weight excluding hydrogens is 1150 g/mol. The number of aliphatic imine (C=N–C) groups is 1. The molecule has 0 spiro atoms. The second kappa shape index (κ2) is 42.6. The van der Waals surface area contributed by atoms with Crippen LogP contribution >= 0.6 is 0 Å². The highest BCUT2D eigenvalue weighted by molar-refractivity contribution is 5.95. The second-order valence-electron chi connectivity index (χ2n) is 21.3. The van der Waals surface area contributed by atoms with Gasteiger partial charge in [0.25, 0.3) is 0 Å². The van der Waals surface area contributed by atoms with Crippen molar-refractivity contribution in [3.63, 3.8) is 0 Å². The monoisotopic (exact) mass is 1250 g/mol. The number of aldehydes is 1. The van der Waals surface area contributed by atoms with Crippen LogP contribution in [0, 0.1) is 0 Å². The van der Waals surface area contributed by atoms with Gasteiger partial charge in [0.2, 0.25) is 23.6 Å². The molecule has 1 aliphatic heterocycles. The Kier molecular flexibility index (Phi) is 35.0. The summed E-state index contributed by atoms with van der Waals surface area (Å²) in [4.78, 5) is 123. The number of amides is 6. The van der Waals surface area contributed by atoms with Gasteiger partial charge in [-0.3, -0.25) is 68.8 Å². The largest absolute Gasteiger partial charge is 0.508 e. The van der Waals surface area contributed by atoms with E-state index in [0.717, 1.165) is 11.1 Å². The molecule has 1 saturated heterocycles. The average molecular weight is 1250 g/mol. The zero-order valence-corrected chi connectivity index (χ0v) is 50.9. The number of hydrogen-bond donors (Lipinski definition) is 12. The molecule has 1 fully saturated rings. The number of hydrogen-bond acceptors (Lipinski definition) is 18. The normalized spacial score (nSPS) is 15.0. The summed E-state index contributed by atoms with van der Waals surface area (Å²) < 4.78 is 11.8. The van der Waals surface area contributed by atoms with Crippen molar-refractivity contribution in [1.82, 2.24) is 56.8 Å². The highest BCUT2D eigenvalue weighted by Gasteiger charge is 2.28. The summed E-state index contributed by atoms with van der Waals surface area (Å²) in [6.07, 6.45) is 3.82. The minimum absolute atomic E-state index is 0.0781. The van der Waals surface area contributed by atoms with Crippen molar-refractivity contribution in [2.75, 3.05) is 125 Å². The number of carbonyl (C=O) groups excluding carboxylic acids is 6. The van der Waals surface area contributed by atoms with Crippen molar-refractivity contribution >= 4 is 59.8 Å². The van der Waals surface area contributed by atoms with Gasteiger partial charge < -0.3 is 67.0 Å². The van der Waals surface area contributed by atoms with Crippen LogP contribution in [-0.4, -0.2) is 237 Å². The van der Waals surface area contributed by atoms with E-state index in [1.165, 1.54) is 12.1 Å². The lowest BCUT2D eigenvalue weighted by Gasteiger charge is -2.35. The van der Waals surface area contributed by atoms with Gasteiger partial charge in [0, 0.05) is 104 Å². The van der Waals surface area contributed by atoms with Crippen molar-refractivity contribution in [1.29, 1.82) is 0 Å². The number of guanidine groups is 1. The van der Waals surface area contributed by atoms with Gasteiger partial charge in [0.05, 0.1) is 45.4 Å². The van der Waals surface area contributed by atoms with E-state index in [-0.39, 0.29) is 160 Å². The molecule has 28 heteroatoms. The Morgan fingerprint density at radius 2 is 1.27 bits per heavy atom. The van der Waals surface area contributed by atoms with Gasteiger partial charge in [-0.2, -0.15) is 0 Å². The molecule has 4 rings (SSSR count). The minimum atomic E-state index is -1.06. The van der Waals surface area contributed by atoms with Crippen LogP contribution in [0.15, 0.2) is 83.9 Å². The predicted molar refractivity (Wildman–Crippen MR) is 331 cm³/mol. The molecule has 1 heterocycles. The molecule has 0 aliphatic carbocycles. The molecule has 0 saturated carbocycles. The molecule has 28 nitrogen and oxygen atoms in total. The molecular formula is C61H91N13O15. The number of benzene rings is 3. The van der Waals surface area contributed by atoms with E-state index in [0.29, 0.717) is 75.7 Å². The third-order valence-corrected chi connectivity index (χ3v) is 14.3. The highest BCUT2D eigenvalue weighted by atomic mass is 16.5. The Morgan fingerprint density at radius 1 is 0.640 bits per heavy atom. The van der Waals surface area contributed by atoms with E-state index in [2.05, 4.69) is 42.2 Å². The van der Waals surface area contributed by atoms with E-state index in [1.54, 1.807) is 44.7 Å². The molecule has 0 bridgehead atoms. The summed E-state index contributed by atoms with van der Waals surface area (Å²) in [5.74, 6) is -4.53. The van der Waals surface area contributed by atoms with Crippen LogP contribution in [0.4, 0.5) is 4.79 Å². The third kappa shape index (κ3) is 32.0. The number of rotatable bonds is 39. The quantitative estimate of drug-likeness (QED) is 0.0160. The fourth-order valence-electron chi connectivity index (χ4n) is 9.51. The fraction of sp³-hybridized carbons (Fsp3) is 0.541. The summed E-state index contributed by atoms with van der Waals surface area (Å²) in [6.45, 7) is 4.74. The molecule has 2 unspecified atom stereocenters. The number of aromatic hydroxyl groups is 1. The van der Waals surface area contributed by atoms with Gasteiger partial charge in [-0.15, -0.1) is 0 Å². The molecule has 89 heavy (non-hydrogen) atoms. The van der Waals surface area contributed by atoms with E-state index in [4.69, 9.17) is 15.2 Å². The number of carboxylic acids is 3. The maximum Gasteiger partial charge on any atom is 0.321 e. The summed E-state index contributed by atoms with van der Waals surface area (Å²) in [5, 5.41) is 57.9. The molecule has 0 aromatic heterocycles. The molecule has 3 aromatic carbocycles. The first-order valence-electron chi connectivity index (χ1n) is 30.2. The third-order valence-electron chi connectivity index (χ3n) is 14.3. The molecule has 3 atom stereocenters. The van der Waals surface area contributed by atoms with Crippen LogP contribution in [0.5, 0.6) is 11.5 Å². The van der Waals surface area contributed by atoms with Gasteiger partial charge in [0.1, 0.15) is 23.7 Å². The number of nitrogens with two attached hydrogens (primary N) is 1. The van der Waals surface area contributed by atoms with Crippen LogP contribution < -0.4 is 47.7 Å². The van der Waals surface area contributed by atoms with E-state index >= 15 is 0 Å². The van der Waals surface area contributed by atoms with Crippen LogP contribution in [0.1, 0.15) is 80.9 Å². The first-order chi connectivity index (χ1) is 42.9. The number of ether oxygens (including phenoxy) is 2. The molecule has 0 radical (unpaired) electrons. The molecule has 13 N–H and O–H groups in total. The number of urea groups is 1. The number of aliphatic carboxylic acids is 3. The maximum absolute atomic E-state index is 14.5. The lowest BCUT2D eigenvalue weighted by atomic mass is 9.91. The molecule has 6 amide bonds. The van der Waals surface area contributed by atoms with Crippen molar-refractivity contribution in [2.24, 2.45) is 10.7 Å². The zero-order valence-electron chi connectivity index (χ0n) is 50.9. The van der Waals surface area contributed by atoms with Crippen LogP contribution in [0.25, 0.3) is 0 Å². The van der Waals surface area contributed by atoms with Gasteiger partial charge >= 0.3 is 23.9 Å². The Morgan fingerprint density at radius 3 is 1.90 bits per heavy atom. The molecule has 3 aromatic rings. The number of nitrogens with one attached hydrogen (secondary N) is 7.